The van der Waals surface area contributed by atoms with Crippen LogP contribution in [-0.2, 0) is 11.3 Å². The summed E-state index contributed by atoms with van der Waals surface area (Å²) in [4.78, 5) is 19.1. The van der Waals surface area contributed by atoms with Gasteiger partial charge in [-0.3, -0.25) is 4.79 Å². The maximum atomic E-state index is 11.5. The lowest BCUT2D eigenvalue weighted by Crippen LogP contribution is -2.34. The van der Waals surface area contributed by atoms with E-state index in [1.54, 1.807) is 25.2 Å². The lowest BCUT2D eigenvalue weighted by molar-refractivity contribution is -0.127. The standard InChI is InChI=1S/C11H18N4O/c1-14(2)11(16)8-15(3)10-6-9(7-12)4-5-13-10/h4-6H,7-8,12H2,1-3H3. The molecule has 1 aromatic rings. The number of nitrogens with zero attached hydrogens (tertiary/aromatic N) is 3. The number of likely N-dealkylation sites (N-methyl/N-ethyl adjacent to an activating group) is 2. The molecule has 0 saturated carbocycles. The molecule has 5 heteroatoms. The molecule has 0 unspecified atom stereocenters. The second kappa shape index (κ2) is 5.46. The monoisotopic (exact) mass is 222 g/mol. The topological polar surface area (TPSA) is 62.5 Å². The van der Waals surface area contributed by atoms with Gasteiger partial charge in [-0.25, -0.2) is 4.98 Å². The van der Waals surface area contributed by atoms with Gasteiger partial charge in [0, 0.05) is 33.9 Å². The zero-order valence-corrected chi connectivity index (χ0v) is 9.97. The zero-order valence-electron chi connectivity index (χ0n) is 9.97. The average Bonchev–Trinajstić information content (AvgIpc) is 2.28. The number of hydrogen-bond donors (Lipinski definition) is 1. The first-order chi connectivity index (χ1) is 7.54. The van der Waals surface area contributed by atoms with E-state index in [0.717, 1.165) is 11.4 Å². The van der Waals surface area contributed by atoms with E-state index in [4.69, 9.17) is 5.73 Å². The van der Waals surface area contributed by atoms with Crippen LogP contribution < -0.4 is 10.6 Å². The quantitative estimate of drug-likeness (QED) is 0.782. The number of rotatable bonds is 4. The zero-order chi connectivity index (χ0) is 12.1. The summed E-state index contributed by atoms with van der Waals surface area (Å²) < 4.78 is 0. The molecule has 0 aliphatic carbocycles. The SMILES string of the molecule is CN(C)C(=O)CN(C)c1cc(CN)ccn1. The second-order valence-electron chi connectivity index (χ2n) is 3.87. The predicted molar refractivity (Wildman–Crippen MR) is 64.1 cm³/mol. The minimum absolute atomic E-state index is 0.0439. The van der Waals surface area contributed by atoms with Crippen molar-refractivity contribution in [2.24, 2.45) is 5.73 Å². The fraction of sp³-hybridized carbons (Fsp3) is 0.455. The van der Waals surface area contributed by atoms with Crippen molar-refractivity contribution in [2.75, 3.05) is 32.6 Å². The van der Waals surface area contributed by atoms with Crippen LogP contribution in [0.25, 0.3) is 0 Å². The highest BCUT2D eigenvalue weighted by atomic mass is 16.2. The Balaban J connectivity index is 2.72. The summed E-state index contributed by atoms with van der Waals surface area (Å²) >= 11 is 0. The highest BCUT2D eigenvalue weighted by Crippen LogP contribution is 2.10. The summed E-state index contributed by atoms with van der Waals surface area (Å²) in [5.41, 5.74) is 6.56. The van der Waals surface area contributed by atoms with Gasteiger partial charge < -0.3 is 15.5 Å². The molecule has 0 aliphatic heterocycles. The first kappa shape index (κ1) is 12.4. The molecule has 0 fully saturated rings. The van der Waals surface area contributed by atoms with Gasteiger partial charge in [-0.2, -0.15) is 0 Å². The lowest BCUT2D eigenvalue weighted by atomic mass is 10.2. The number of nitrogens with two attached hydrogens (primary N) is 1. The number of aromatic nitrogens is 1. The smallest absolute Gasteiger partial charge is 0.241 e. The Morgan fingerprint density at radius 2 is 2.12 bits per heavy atom. The van der Waals surface area contributed by atoms with Gasteiger partial charge in [0.15, 0.2) is 0 Å². The Morgan fingerprint density at radius 3 is 2.69 bits per heavy atom. The maximum absolute atomic E-state index is 11.5. The van der Waals surface area contributed by atoms with Crippen LogP contribution in [0, 0.1) is 0 Å². The number of carbonyl (C=O) groups is 1. The summed E-state index contributed by atoms with van der Waals surface area (Å²) in [6.07, 6.45) is 1.70. The van der Waals surface area contributed by atoms with Crippen molar-refractivity contribution in [2.45, 2.75) is 6.54 Å². The van der Waals surface area contributed by atoms with Crippen molar-refractivity contribution in [1.82, 2.24) is 9.88 Å². The third-order valence-electron chi connectivity index (χ3n) is 2.31. The molecule has 16 heavy (non-hydrogen) atoms. The van der Waals surface area contributed by atoms with E-state index in [0.29, 0.717) is 13.1 Å². The van der Waals surface area contributed by atoms with Crippen molar-refractivity contribution in [1.29, 1.82) is 0 Å². The molecule has 0 aromatic carbocycles. The first-order valence-electron chi connectivity index (χ1n) is 5.11. The van der Waals surface area contributed by atoms with Gasteiger partial charge in [-0.1, -0.05) is 0 Å². The highest BCUT2D eigenvalue weighted by molar-refractivity contribution is 5.80. The molecule has 5 nitrogen and oxygen atoms in total. The number of hydrogen-bond acceptors (Lipinski definition) is 4. The molecule has 2 N–H and O–H groups in total. The normalized spacial score (nSPS) is 10.0. The van der Waals surface area contributed by atoms with Crippen LogP contribution in [0.2, 0.25) is 0 Å². The molecule has 0 radical (unpaired) electrons. The molecule has 1 aromatic heterocycles. The Labute approximate surface area is 95.9 Å². The Morgan fingerprint density at radius 1 is 1.44 bits per heavy atom. The fourth-order valence-electron chi connectivity index (χ4n) is 1.22. The largest absolute Gasteiger partial charge is 0.350 e. The molecule has 1 amide bonds. The molecule has 88 valence electrons. The summed E-state index contributed by atoms with van der Waals surface area (Å²) in [6.45, 7) is 0.791. The van der Waals surface area contributed by atoms with E-state index >= 15 is 0 Å². The molecule has 1 rings (SSSR count). The summed E-state index contributed by atoms with van der Waals surface area (Å²) in [5, 5.41) is 0. The van der Waals surface area contributed by atoms with E-state index in [9.17, 15) is 4.79 Å². The minimum Gasteiger partial charge on any atom is -0.350 e. The number of anilines is 1. The second-order valence-corrected chi connectivity index (χ2v) is 3.87. The molecule has 0 saturated heterocycles. The van der Waals surface area contributed by atoms with E-state index in [-0.39, 0.29) is 5.91 Å². The van der Waals surface area contributed by atoms with Crippen LogP contribution in [0.5, 0.6) is 0 Å². The molecule has 1 heterocycles. The van der Waals surface area contributed by atoms with Crippen LogP contribution in [-0.4, -0.2) is 43.5 Å². The van der Waals surface area contributed by atoms with Crippen molar-refractivity contribution >= 4 is 11.7 Å². The van der Waals surface area contributed by atoms with Gasteiger partial charge in [-0.15, -0.1) is 0 Å². The Bertz CT molecular complexity index is 365. The van der Waals surface area contributed by atoms with Crippen molar-refractivity contribution in [3.05, 3.63) is 23.9 Å². The Hall–Kier alpha value is -1.62. The molecule has 0 spiro atoms. The maximum Gasteiger partial charge on any atom is 0.241 e. The predicted octanol–water partition coefficient (Wildman–Crippen LogP) is 0.0647. The van der Waals surface area contributed by atoms with Gasteiger partial charge in [0.1, 0.15) is 5.82 Å². The molecule has 0 aliphatic rings. The third kappa shape index (κ3) is 3.20. The average molecular weight is 222 g/mol. The fourth-order valence-corrected chi connectivity index (χ4v) is 1.22. The van der Waals surface area contributed by atoms with E-state index < -0.39 is 0 Å². The van der Waals surface area contributed by atoms with Gasteiger partial charge in [0.05, 0.1) is 6.54 Å². The molecular formula is C11H18N4O. The van der Waals surface area contributed by atoms with Crippen molar-refractivity contribution in [3.63, 3.8) is 0 Å². The van der Waals surface area contributed by atoms with Crippen LogP contribution in [0.4, 0.5) is 5.82 Å². The number of pyridine rings is 1. The van der Waals surface area contributed by atoms with Crippen LogP contribution >= 0.6 is 0 Å². The highest BCUT2D eigenvalue weighted by Gasteiger charge is 2.10. The van der Waals surface area contributed by atoms with E-state index in [2.05, 4.69) is 4.98 Å². The van der Waals surface area contributed by atoms with Gasteiger partial charge in [-0.05, 0) is 17.7 Å². The number of amides is 1. The van der Waals surface area contributed by atoms with E-state index in [1.807, 2.05) is 24.1 Å². The van der Waals surface area contributed by atoms with E-state index in [1.165, 1.54) is 0 Å². The first-order valence-corrected chi connectivity index (χ1v) is 5.11. The minimum atomic E-state index is 0.0439. The van der Waals surface area contributed by atoms with Crippen molar-refractivity contribution < 1.29 is 4.79 Å². The van der Waals surface area contributed by atoms with Crippen LogP contribution in [0.3, 0.4) is 0 Å². The van der Waals surface area contributed by atoms with Gasteiger partial charge >= 0.3 is 0 Å². The third-order valence-corrected chi connectivity index (χ3v) is 2.31. The van der Waals surface area contributed by atoms with Crippen molar-refractivity contribution in [3.8, 4) is 0 Å². The molecule has 0 bridgehead atoms. The lowest BCUT2D eigenvalue weighted by Gasteiger charge is -2.20. The molecular weight excluding hydrogens is 204 g/mol. The van der Waals surface area contributed by atoms with Crippen LogP contribution in [0.15, 0.2) is 18.3 Å². The van der Waals surface area contributed by atoms with Gasteiger partial charge in [0.25, 0.3) is 0 Å². The van der Waals surface area contributed by atoms with Gasteiger partial charge in [0.2, 0.25) is 5.91 Å². The number of carbonyl (C=O) groups excluding carboxylic acids is 1. The summed E-state index contributed by atoms with van der Waals surface area (Å²) in [7, 11) is 5.31. The molecule has 0 atom stereocenters. The Kier molecular flexibility index (Phi) is 4.25. The summed E-state index contributed by atoms with van der Waals surface area (Å²) in [6, 6.07) is 3.76. The summed E-state index contributed by atoms with van der Waals surface area (Å²) in [5.74, 6) is 0.806. The van der Waals surface area contributed by atoms with Crippen LogP contribution in [0.1, 0.15) is 5.56 Å².